The van der Waals surface area contributed by atoms with E-state index < -0.39 is 6.10 Å². The zero-order valence-corrected chi connectivity index (χ0v) is 4.79. The topological polar surface area (TPSA) is 61.7 Å². The molecule has 0 aliphatic carbocycles. The summed E-state index contributed by atoms with van der Waals surface area (Å²) in [6.07, 6.45) is -0.500. The number of aliphatic hydroxyl groups excluding tert-OH is 2. The van der Waals surface area contributed by atoms with Gasteiger partial charge in [0.1, 0.15) is 6.10 Å². The van der Waals surface area contributed by atoms with Crippen molar-refractivity contribution < 1.29 is 15.1 Å². The Labute approximate surface area is 48.0 Å². The van der Waals surface area contributed by atoms with Crippen LogP contribution in [-0.4, -0.2) is 36.6 Å². The van der Waals surface area contributed by atoms with Crippen LogP contribution in [-0.2, 0) is 4.84 Å². The lowest BCUT2D eigenvalue weighted by Gasteiger charge is -2.08. The first-order valence-electron chi connectivity index (χ1n) is 2.39. The molecule has 3 N–H and O–H groups in total. The monoisotopic (exact) mass is 121 g/mol. The van der Waals surface area contributed by atoms with Crippen molar-refractivity contribution in [3.05, 3.63) is 0 Å². The molecule has 0 aliphatic heterocycles. The molecule has 0 aliphatic rings. The van der Waals surface area contributed by atoms with Gasteiger partial charge in [-0.3, -0.25) is 4.84 Å². The highest BCUT2D eigenvalue weighted by Crippen LogP contribution is 1.82. The maximum absolute atomic E-state index is 8.33. The van der Waals surface area contributed by atoms with E-state index >= 15 is 0 Å². The van der Waals surface area contributed by atoms with Gasteiger partial charge in [-0.15, -0.1) is 0 Å². The van der Waals surface area contributed by atoms with Crippen molar-refractivity contribution in [1.82, 2.24) is 5.48 Å². The van der Waals surface area contributed by atoms with Crippen LogP contribution in [0.5, 0.6) is 0 Å². The molecule has 0 radical (unpaired) electrons. The van der Waals surface area contributed by atoms with Gasteiger partial charge < -0.3 is 10.2 Å². The Morgan fingerprint density at radius 2 is 2.00 bits per heavy atom. The van der Waals surface area contributed by atoms with Gasteiger partial charge in [0.2, 0.25) is 0 Å². The third-order valence-corrected chi connectivity index (χ3v) is 0.692. The van der Waals surface area contributed by atoms with E-state index in [1.807, 2.05) is 0 Å². The molecule has 4 heteroatoms. The zero-order chi connectivity index (χ0) is 6.41. The minimum Gasteiger partial charge on any atom is -0.393 e. The first kappa shape index (κ1) is 7.84. The summed E-state index contributed by atoms with van der Waals surface area (Å²) in [6.45, 7) is -0.339. The number of rotatable bonds is 4. The average molecular weight is 121 g/mol. The summed E-state index contributed by atoms with van der Waals surface area (Å²) >= 11 is 0. The summed E-state index contributed by atoms with van der Waals surface area (Å²) in [5.74, 6) is 0. The number of aliphatic hydroxyl groups is 2. The SMILES string of the molecule is CNOC(CO)CO. The van der Waals surface area contributed by atoms with E-state index in [0.717, 1.165) is 0 Å². The molecule has 50 valence electrons. The van der Waals surface area contributed by atoms with Gasteiger partial charge in [-0.1, -0.05) is 0 Å². The molecule has 0 unspecified atom stereocenters. The second-order valence-corrected chi connectivity index (χ2v) is 1.31. The molecule has 0 fully saturated rings. The summed E-state index contributed by atoms with van der Waals surface area (Å²) in [7, 11) is 1.57. The lowest BCUT2D eigenvalue weighted by atomic mass is 10.4. The molecule has 8 heavy (non-hydrogen) atoms. The molecule has 0 rings (SSSR count). The fraction of sp³-hybridized carbons (Fsp3) is 1.00. The number of nitrogens with one attached hydrogen (secondary N) is 1. The van der Waals surface area contributed by atoms with Crippen molar-refractivity contribution in [2.45, 2.75) is 6.10 Å². The maximum Gasteiger partial charge on any atom is 0.125 e. The van der Waals surface area contributed by atoms with Crippen molar-refractivity contribution in [2.75, 3.05) is 20.3 Å². The zero-order valence-electron chi connectivity index (χ0n) is 4.79. The van der Waals surface area contributed by atoms with E-state index in [-0.39, 0.29) is 13.2 Å². The molecule has 0 atom stereocenters. The Morgan fingerprint density at radius 3 is 2.12 bits per heavy atom. The highest BCUT2D eigenvalue weighted by atomic mass is 16.7. The number of hydrogen-bond acceptors (Lipinski definition) is 4. The molecule has 0 aromatic rings. The highest BCUT2D eigenvalue weighted by molar-refractivity contribution is 4.47. The Kier molecular flexibility index (Phi) is 4.89. The average Bonchev–Trinajstić information content (AvgIpc) is 1.83. The minimum atomic E-state index is -0.500. The molecule has 0 heterocycles. The predicted octanol–water partition coefficient (Wildman–Crippen LogP) is -1.51. The normalized spacial score (nSPS) is 10.5. The fourth-order valence-corrected chi connectivity index (χ4v) is 0.299. The van der Waals surface area contributed by atoms with Gasteiger partial charge in [-0.25, -0.2) is 5.48 Å². The molecule has 0 saturated carbocycles. The van der Waals surface area contributed by atoms with Crippen molar-refractivity contribution in [3.8, 4) is 0 Å². The van der Waals surface area contributed by atoms with Crippen molar-refractivity contribution in [3.63, 3.8) is 0 Å². The highest BCUT2D eigenvalue weighted by Gasteiger charge is 2.02. The molecular weight excluding hydrogens is 110 g/mol. The van der Waals surface area contributed by atoms with Crippen LogP contribution in [0.25, 0.3) is 0 Å². The molecule has 0 aromatic carbocycles. The van der Waals surface area contributed by atoms with Gasteiger partial charge in [0.25, 0.3) is 0 Å². The van der Waals surface area contributed by atoms with E-state index in [9.17, 15) is 0 Å². The van der Waals surface area contributed by atoms with Gasteiger partial charge in [0, 0.05) is 7.05 Å². The standard InChI is InChI=1S/C4H11NO3/c1-5-8-4(2-6)3-7/h4-7H,2-3H2,1H3. The summed E-state index contributed by atoms with van der Waals surface area (Å²) in [6, 6.07) is 0. The van der Waals surface area contributed by atoms with E-state index in [1.54, 1.807) is 7.05 Å². The van der Waals surface area contributed by atoms with Crippen LogP contribution < -0.4 is 5.48 Å². The lowest BCUT2D eigenvalue weighted by Crippen LogP contribution is -2.27. The van der Waals surface area contributed by atoms with Crippen LogP contribution in [0.2, 0.25) is 0 Å². The van der Waals surface area contributed by atoms with Crippen LogP contribution in [0.3, 0.4) is 0 Å². The number of hydroxylamine groups is 1. The van der Waals surface area contributed by atoms with Crippen LogP contribution in [0.15, 0.2) is 0 Å². The maximum atomic E-state index is 8.33. The van der Waals surface area contributed by atoms with Crippen LogP contribution >= 0.6 is 0 Å². The predicted molar refractivity (Wildman–Crippen MR) is 28.1 cm³/mol. The molecule has 0 spiro atoms. The molecular formula is C4H11NO3. The summed E-state index contributed by atoms with van der Waals surface area (Å²) < 4.78 is 0. The Morgan fingerprint density at radius 1 is 1.50 bits per heavy atom. The van der Waals surface area contributed by atoms with Crippen molar-refractivity contribution >= 4 is 0 Å². The first-order chi connectivity index (χ1) is 3.85. The number of hydrogen-bond donors (Lipinski definition) is 3. The first-order valence-corrected chi connectivity index (χ1v) is 2.39. The molecule has 0 saturated heterocycles. The van der Waals surface area contributed by atoms with Gasteiger partial charge >= 0.3 is 0 Å². The molecule has 4 nitrogen and oxygen atoms in total. The van der Waals surface area contributed by atoms with Gasteiger partial charge in [-0.05, 0) is 0 Å². The molecule has 0 bridgehead atoms. The Hall–Kier alpha value is -0.160. The van der Waals surface area contributed by atoms with E-state index in [0.29, 0.717) is 0 Å². The lowest BCUT2D eigenvalue weighted by molar-refractivity contribution is -0.0644. The second-order valence-electron chi connectivity index (χ2n) is 1.31. The second kappa shape index (κ2) is 4.99. The summed E-state index contributed by atoms with van der Waals surface area (Å²) in [5, 5.41) is 16.7. The third kappa shape index (κ3) is 2.92. The van der Waals surface area contributed by atoms with Crippen LogP contribution in [0, 0.1) is 0 Å². The minimum absolute atomic E-state index is 0.169. The van der Waals surface area contributed by atoms with E-state index in [1.165, 1.54) is 0 Å². The molecule has 0 aromatic heterocycles. The van der Waals surface area contributed by atoms with Gasteiger partial charge in [-0.2, -0.15) is 0 Å². The van der Waals surface area contributed by atoms with Gasteiger partial charge in [0.05, 0.1) is 13.2 Å². The third-order valence-electron chi connectivity index (χ3n) is 0.692. The van der Waals surface area contributed by atoms with Crippen molar-refractivity contribution in [1.29, 1.82) is 0 Å². The smallest absolute Gasteiger partial charge is 0.125 e. The molecule has 0 amide bonds. The quantitative estimate of drug-likeness (QED) is 0.396. The largest absolute Gasteiger partial charge is 0.393 e. The van der Waals surface area contributed by atoms with E-state index in [2.05, 4.69) is 10.3 Å². The Bertz CT molecular complexity index is 46.5. The van der Waals surface area contributed by atoms with E-state index in [4.69, 9.17) is 10.2 Å². The summed E-state index contributed by atoms with van der Waals surface area (Å²) in [4.78, 5) is 4.59. The van der Waals surface area contributed by atoms with Gasteiger partial charge in [0.15, 0.2) is 0 Å². The summed E-state index contributed by atoms with van der Waals surface area (Å²) in [5.41, 5.74) is 2.35. The Balaban J connectivity index is 3.07. The van der Waals surface area contributed by atoms with Crippen LogP contribution in [0.4, 0.5) is 0 Å². The van der Waals surface area contributed by atoms with Crippen LogP contribution in [0.1, 0.15) is 0 Å². The van der Waals surface area contributed by atoms with Crippen molar-refractivity contribution in [2.24, 2.45) is 0 Å². The fourth-order valence-electron chi connectivity index (χ4n) is 0.299.